The third-order valence-corrected chi connectivity index (χ3v) is 3.04. The zero-order valence-corrected chi connectivity index (χ0v) is 12.3. The number of carbonyl (C=O) groups excluding carboxylic acids is 1. The topological polar surface area (TPSA) is 95.6 Å². The highest BCUT2D eigenvalue weighted by Crippen LogP contribution is 2.26. The van der Waals surface area contributed by atoms with E-state index in [4.69, 9.17) is 9.47 Å². The van der Waals surface area contributed by atoms with Gasteiger partial charge in [-0.2, -0.15) is 0 Å². The Kier molecular flexibility index (Phi) is 4.31. The molecule has 2 aromatic rings. The second-order valence-electron chi connectivity index (χ2n) is 4.51. The van der Waals surface area contributed by atoms with E-state index >= 15 is 0 Å². The number of carbonyl (C=O) groups is 1. The van der Waals surface area contributed by atoms with Crippen molar-refractivity contribution in [2.24, 2.45) is 7.05 Å². The van der Waals surface area contributed by atoms with Gasteiger partial charge >= 0.3 is 0 Å². The molecular formula is C14H15N3O5. The third-order valence-electron chi connectivity index (χ3n) is 3.04. The normalized spacial score (nSPS) is 10.1. The van der Waals surface area contributed by atoms with Crippen LogP contribution in [-0.2, 0) is 7.05 Å². The molecule has 0 atom stereocenters. The van der Waals surface area contributed by atoms with Gasteiger partial charge in [-0.05, 0) is 0 Å². The molecule has 0 aliphatic heterocycles. The minimum atomic E-state index is -0.550. The van der Waals surface area contributed by atoms with Crippen LogP contribution < -0.4 is 14.8 Å². The predicted molar refractivity (Wildman–Crippen MR) is 79.6 cm³/mol. The Morgan fingerprint density at radius 3 is 2.23 bits per heavy atom. The molecule has 1 heterocycles. The lowest BCUT2D eigenvalue weighted by atomic mass is 10.2. The Morgan fingerprint density at radius 2 is 1.77 bits per heavy atom. The molecule has 8 heteroatoms. The summed E-state index contributed by atoms with van der Waals surface area (Å²) in [6.07, 6.45) is 1.28. The van der Waals surface area contributed by atoms with E-state index < -0.39 is 10.8 Å². The molecule has 8 nitrogen and oxygen atoms in total. The molecule has 0 unspecified atom stereocenters. The first-order valence-electron chi connectivity index (χ1n) is 6.29. The highest BCUT2D eigenvalue weighted by atomic mass is 16.6. The summed E-state index contributed by atoms with van der Waals surface area (Å²) in [5, 5.41) is 13.4. The van der Waals surface area contributed by atoms with Crippen LogP contribution in [0.2, 0.25) is 0 Å². The maximum Gasteiger partial charge on any atom is 0.287 e. The van der Waals surface area contributed by atoms with Gasteiger partial charge in [-0.15, -0.1) is 0 Å². The summed E-state index contributed by atoms with van der Waals surface area (Å²) in [6.45, 7) is 0. The van der Waals surface area contributed by atoms with Crippen LogP contribution in [0.5, 0.6) is 11.5 Å². The van der Waals surface area contributed by atoms with E-state index in [-0.39, 0.29) is 11.4 Å². The fourth-order valence-corrected chi connectivity index (χ4v) is 1.95. The molecule has 0 radical (unpaired) electrons. The number of ether oxygens (including phenoxy) is 2. The molecule has 1 amide bonds. The molecular weight excluding hydrogens is 290 g/mol. The minimum Gasteiger partial charge on any atom is -0.497 e. The van der Waals surface area contributed by atoms with Crippen LogP contribution in [-0.4, -0.2) is 29.6 Å². The SMILES string of the molecule is COc1cc(NC(=O)c2cc([N+](=O)[O-])cn2C)cc(OC)c1. The van der Waals surface area contributed by atoms with Crippen LogP contribution in [0.1, 0.15) is 10.5 Å². The lowest BCUT2D eigenvalue weighted by Crippen LogP contribution is -2.15. The van der Waals surface area contributed by atoms with E-state index in [0.29, 0.717) is 17.2 Å². The quantitative estimate of drug-likeness (QED) is 0.675. The molecule has 0 aliphatic rings. The molecule has 2 rings (SSSR count). The number of nitro groups is 1. The van der Waals surface area contributed by atoms with Crippen molar-refractivity contribution in [3.63, 3.8) is 0 Å². The number of anilines is 1. The van der Waals surface area contributed by atoms with Crippen molar-refractivity contribution in [1.82, 2.24) is 4.57 Å². The molecule has 22 heavy (non-hydrogen) atoms. The van der Waals surface area contributed by atoms with Crippen molar-refractivity contribution < 1.29 is 19.2 Å². The molecule has 1 aromatic carbocycles. The summed E-state index contributed by atoms with van der Waals surface area (Å²) in [5.74, 6) is 0.575. The lowest BCUT2D eigenvalue weighted by molar-refractivity contribution is -0.384. The average molecular weight is 305 g/mol. The lowest BCUT2D eigenvalue weighted by Gasteiger charge is -2.10. The van der Waals surface area contributed by atoms with Crippen molar-refractivity contribution in [1.29, 1.82) is 0 Å². The first kappa shape index (κ1) is 15.4. The van der Waals surface area contributed by atoms with Gasteiger partial charge in [-0.3, -0.25) is 14.9 Å². The fraction of sp³-hybridized carbons (Fsp3) is 0.214. The molecule has 1 N–H and O–H groups in total. The van der Waals surface area contributed by atoms with Crippen molar-refractivity contribution in [2.45, 2.75) is 0 Å². The number of aromatic nitrogens is 1. The standard InChI is InChI=1S/C14H15N3O5/c1-16-8-10(17(19)20)6-13(16)14(18)15-9-4-11(21-2)7-12(5-9)22-3/h4-8H,1-3H3,(H,15,18). The Morgan fingerprint density at radius 1 is 1.18 bits per heavy atom. The first-order valence-corrected chi connectivity index (χ1v) is 6.29. The van der Waals surface area contributed by atoms with E-state index in [1.807, 2.05) is 0 Å². The number of aryl methyl sites for hydroxylation is 1. The van der Waals surface area contributed by atoms with E-state index in [0.717, 1.165) is 0 Å². The van der Waals surface area contributed by atoms with Gasteiger partial charge < -0.3 is 19.4 Å². The summed E-state index contributed by atoms with van der Waals surface area (Å²) >= 11 is 0. The number of methoxy groups -OCH3 is 2. The van der Waals surface area contributed by atoms with Crippen LogP contribution in [0.15, 0.2) is 30.5 Å². The van der Waals surface area contributed by atoms with Crippen LogP contribution in [0.4, 0.5) is 11.4 Å². The monoisotopic (exact) mass is 305 g/mol. The Hall–Kier alpha value is -3.03. The zero-order valence-electron chi connectivity index (χ0n) is 12.3. The van der Waals surface area contributed by atoms with E-state index in [2.05, 4.69) is 5.32 Å². The van der Waals surface area contributed by atoms with Gasteiger partial charge in [0.1, 0.15) is 17.2 Å². The smallest absolute Gasteiger partial charge is 0.287 e. The molecule has 0 aliphatic carbocycles. The second kappa shape index (κ2) is 6.17. The number of nitrogens with one attached hydrogen (secondary N) is 1. The number of amides is 1. The van der Waals surface area contributed by atoms with Crippen LogP contribution in [0, 0.1) is 10.1 Å². The molecule has 0 fully saturated rings. The Balaban J connectivity index is 2.27. The molecule has 0 saturated carbocycles. The fourth-order valence-electron chi connectivity index (χ4n) is 1.95. The van der Waals surface area contributed by atoms with Crippen LogP contribution >= 0.6 is 0 Å². The van der Waals surface area contributed by atoms with E-state index in [9.17, 15) is 14.9 Å². The molecule has 0 saturated heterocycles. The Bertz CT molecular complexity index is 701. The third kappa shape index (κ3) is 3.17. The van der Waals surface area contributed by atoms with Gasteiger partial charge in [-0.25, -0.2) is 0 Å². The summed E-state index contributed by atoms with van der Waals surface area (Å²) in [6, 6.07) is 6.13. The number of hydrogen-bond donors (Lipinski definition) is 1. The van der Waals surface area contributed by atoms with Gasteiger partial charge in [0.25, 0.3) is 11.6 Å². The Labute approximate surface area is 126 Å². The van der Waals surface area contributed by atoms with Crippen LogP contribution in [0.25, 0.3) is 0 Å². The minimum absolute atomic E-state index is 0.143. The number of rotatable bonds is 5. The highest BCUT2D eigenvalue weighted by Gasteiger charge is 2.18. The molecule has 0 spiro atoms. The maximum absolute atomic E-state index is 12.2. The van der Waals surface area contributed by atoms with E-state index in [1.54, 1.807) is 25.2 Å². The average Bonchev–Trinajstić information content (AvgIpc) is 2.89. The number of hydrogen-bond acceptors (Lipinski definition) is 5. The summed E-state index contributed by atoms with van der Waals surface area (Å²) in [7, 11) is 4.57. The summed E-state index contributed by atoms with van der Waals surface area (Å²) in [5.41, 5.74) is 0.495. The molecule has 0 bridgehead atoms. The highest BCUT2D eigenvalue weighted by molar-refractivity contribution is 6.03. The van der Waals surface area contributed by atoms with Gasteiger partial charge in [-0.1, -0.05) is 0 Å². The van der Waals surface area contributed by atoms with Gasteiger partial charge in [0.2, 0.25) is 0 Å². The zero-order chi connectivity index (χ0) is 16.3. The second-order valence-corrected chi connectivity index (χ2v) is 4.51. The predicted octanol–water partition coefficient (Wildman–Crippen LogP) is 2.20. The van der Waals surface area contributed by atoms with Gasteiger partial charge in [0, 0.05) is 37.0 Å². The summed E-state index contributed by atoms with van der Waals surface area (Å²) in [4.78, 5) is 22.4. The van der Waals surface area contributed by atoms with Crippen LogP contribution in [0.3, 0.4) is 0 Å². The number of nitrogens with zero attached hydrogens (tertiary/aromatic N) is 2. The van der Waals surface area contributed by atoms with E-state index in [1.165, 1.54) is 31.0 Å². The maximum atomic E-state index is 12.2. The van der Waals surface area contributed by atoms with Crippen molar-refractivity contribution in [2.75, 3.05) is 19.5 Å². The largest absolute Gasteiger partial charge is 0.497 e. The van der Waals surface area contributed by atoms with Gasteiger partial charge in [0.05, 0.1) is 25.3 Å². The van der Waals surface area contributed by atoms with Gasteiger partial charge in [0.15, 0.2) is 0 Å². The molecule has 1 aromatic heterocycles. The number of benzene rings is 1. The molecule has 116 valence electrons. The van der Waals surface area contributed by atoms with Crippen molar-refractivity contribution >= 4 is 17.3 Å². The summed E-state index contributed by atoms with van der Waals surface area (Å²) < 4.78 is 11.6. The van der Waals surface area contributed by atoms with Crippen molar-refractivity contribution in [3.8, 4) is 11.5 Å². The first-order chi connectivity index (χ1) is 10.4. The van der Waals surface area contributed by atoms with Crippen molar-refractivity contribution in [3.05, 3.63) is 46.3 Å².